The molecule has 32 heavy (non-hydrogen) atoms. The molecule has 1 aliphatic rings. The molecular formula is C29H26N2S. The van der Waals surface area contributed by atoms with E-state index < -0.39 is 0 Å². The average Bonchev–Trinajstić information content (AvgIpc) is 3.32. The van der Waals surface area contributed by atoms with Gasteiger partial charge in [-0.1, -0.05) is 66.7 Å². The second kappa shape index (κ2) is 9.53. The summed E-state index contributed by atoms with van der Waals surface area (Å²) in [4.78, 5) is 5.32. The van der Waals surface area contributed by atoms with Crippen molar-refractivity contribution in [1.29, 1.82) is 5.26 Å². The fraction of sp³-hybridized carbons (Fsp3) is 0.207. The van der Waals surface area contributed by atoms with Crippen molar-refractivity contribution in [3.8, 4) is 16.5 Å². The minimum absolute atomic E-state index is 0.517. The lowest BCUT2D eigenvalue weighted by molar-refractivity contribution is 0.232. The zero-order valence-corrected chi connectivity index (χ0v) is 18.9. The van der Waals surface area contributed by atoms with Gasteiger partial charge in [0.2, 0.25) is 0 Å². The number of fused-ring (bicyclic) bond motifs is 1. The topological polar surface area (TPSA) is 27.0 Å². The summed E-state index contributed by atoms with van der Waals surface area (Å²) in [5, 5.41) is 9.04. The predicted molar refractivity (Wildman–Crippen MR) is 133 cm³/mol. The summed E-state index contributed by atoms with van der Waals surface area (Å²) < 4.78 is 0. The molecule has 0 spiro atoms. The fourth-order valence-electron chi connectivity index (χ4n) is 4.66. The number of nitriles is 1. The maximum absolute atomic E-state index is 9.04. The molecule has 4 aromatic rings. The molecule has 0 radical (unpaired) electrons. The molecule has 0 saturated heterocycles. The molecule has 158 valence electrons. The van der Waals surface area contributed by atoms with Gasteiger partial charge in [-0.2, -0.15) is 5.26 Å². The molecule has 5 rings (SSSR count). The Labute approximate surface area is 194 Å². The Morgan fingerprint density at radius 3 is 2.47 bits per heavy atom. The van der Waals surface area contributed by atoms with E-state index in [1.165, 1.54) is 32.0 Å². The Kier molecular flexibility index (Phi) is 6.16. The molecule has 0 amide bonds. The summed E-state index contributed by atoms with van der Waals surface area (Å²) in [6, 6.07) is 34.4. The summed E-state index contributed by atoms with van der Waals surface area (Å²) in [7, 11) is 0. The maximum Gasteiger partial charge on any atom is 0.0991 e. The summed E-state index contributed by atoms with van der Waals surface area (Å²) in [5.41, 5.74) is 6.29. The molecule has 1 aliphatic heterocycles. The van der Waals surface area contributed by atoms with Crippen molar-refractivity contribution >= 4 is 11.3 Å². The van der Waals surface area contributed by atoms with Crippen LogP contribution in [0.5, 0.6) is 0 Å². The number of nitrogens with zero attached hydrogens (tertiary/aromatic N) is 2. The monoisotopic (exact) mass is 434 g/mol. The Balaban J connectivity index is 1.32. The SMILES string of the molecule is N#Cc1ccc(-c2ccc(CC3CN(CCc4ccccc4)Cc4ccccc43)s2)cc1. The van der Waals surface area contributed by atoms with Crippen LogP contribution in [0.1, 0.15) is 33.0 Å². The Morgan fingerprint density at radius 2 is 1.66 bits per heavy atom. The second-order valence-corrected chi connectivity index (χ2v) is 9.69. The van der Waals surface area contributed by atoms with E-state index in [1.807, 2.05) is 23.5 Å². The third-order valence-corrected chi connectivity index (χ3v) is 7.49. The molecule has 0 bridgehead atoms. The molecule has 1 unspecified atom stereocenters. The van der Waals surface area contributed by atoms with E-state index in [9.17, 15) is 0 Å². The van der Waals surface area contributed by atoms with E-state index in [0.29, 0.717) is 11.5 Å². The minimum atomic E-state index is 0.517. The highest BCUT2D eigenvalue weighted by Crippen LogP contribution is 2.35. The van der Waals surface area contributed by atoms with Gasteiger partial charge in [-0.15, -0.1) is 11.3 Å². The number of hydrogen-bond donors (Lipinski definition) is 0. The van der Waals surface area contributed by atoms with Crippen molar-refractivity contribution in [2.75, 3.05) is 13.1 Å². The molecule has 2 nitrogen and oxygen atoms in total. The summed E-state index contributed by atoms with van der Waals surface area (Å²) in [6.45, 7) is 3.24. The van der Waals surface area contributed by atoms with Crippen molar-refractivity contribution < 1.29 is 0 Å². The minimum Gasteiger partial charge on any atom is -0.298 e. The molecule has 3 aromatic carbocycles. The third-order valence-electron chi connectivity index (χ3n) is 6.33. The van der Waals surface area contributed by atoms with Crippen LogP contribution in [0.15, 0.2) is 91.0 Å². The van der Waals surface area contributed by atoms with Crippen LogP contribution in [0.2, 0.25) is 0 Å². The third kappa shape index (κ3) is 4.67. The van der Waals surface area contributed by atoms with E-state index in [1.54, 1.807) is 0 Å². The molecule has 0 fully saturated rings. The van der Waals surface area contributed by atoms with Gasteiger partial charge in [0.25, 0.3) is 0 Å². The van der Waals surface area contributed by atoms with E-state index >= 15 is 0 Å². The molecule has 0 N–H and O–H groups in total. The van der Waals surface area contributed by atoms with Crippen molar-refractivity contribution in [2.45, 2.75) is 25.3 Å². The largest absolute Gasteiger partial charge is 0.298 e. The van der Waals surface area contributed by atoms with Gasteiger partial charge in [-0.05, 0) is 59.4 Å². The van der Waals surface area contributed by atoms with Crippen molar-refractivity contribution in [2.24, 2.45) is 0 Å². The quantitative estimate of drug-likeness (QED) is 0.339. The van der Waals surface area contributed by atoms with Gasteiger partial charge in [-0.25, -0.2) is 0 Å². The molecule has 0 aliphatic carbocycles. The van der Waals surface area contributed by atoms with Crippen molar-refractivity contribution in [3.05, 3.63) is 118 Å². The lowest BCUT2D eigenvalue weighted by Gasteiger charge is -2.34. The van der Waals surface area contributed by atoms with E-state index in [0.717, 1.165) is 32.5 Å². The van der Waals surface area contributed by atoms with E-state index in [-0.39, 0.29) is 0 Å². The van der Waals surface area contributed by atoms with Crippen LogP contribution in [-0.4, -0.2) is 18.0 Å². The first-order valence-corrected chi connectivity index (χ1v) is 12.0. The van der Waals surface area contributed by atoms with Crippen LogP contribution in [0.3, 0.4) is 0 Å². The Bertz CT molecular complexity index is 1220. The van der Waals surface area contributed by atoms with Crippen LogP contribution in [0, 0.1) is 11.3 Å². The lowest BCUT2D eigenvalue weighted by Crippen LogP contribution is -2.35. The number of thiophene rings is 1. The van der Waals surface area contributed by atoms with Gasteiger partial charge in [0, 0.05) is 35.3 Å². The van der Waals surface area contributed by atoms with Crippen LogP contribution < -0.4 is 0 Å². The Hall–Kier alpha value is -3.19. The number of hydrogen-bond acceptors (Lipinski definition) is 3. The van der Waals surface area contributed by atoms with Gasteiger partial charge < -0.3 is 0 Å². The van der Waals surface area contributed by atoms with Crippen molar-refractivity contribution in [1.82, 2.24) is 4.90 Å². The maximum atomic E-state index is 9.04. The second-order valence-electron chi connectivity index (χ2n) is 8.53. The standard InChI is InChI=1S/C29H26N2S/c30-19-23-10-12-24(13-11-23)29-15-14-27(32-29)18-26-21-31(17-16-22-6-2-1-3-7-22)20-25-8-4-5-9-28(25)26/h1-15,26H,16-18,20-21H2. The zero-order valence-electron chi connectivity index (χ0n) is 18.1. The smallest absolute Gasteiger partial charge is 0.0991 e. The molecular weight excluding hydrogens is 408 g/mol. The molecule has 2 heterocycles. The summed E-state index contributed by atoms with van der Waals surface area (Å²) >= 11 is 1.88. The highest BCUT2D eigenvalue weighted by atomic mass is 32.1. The first-order chi connectivity index (χ1) is 15.8. The lowest BCUT2D eigenvalue weighted by atomic mass is 9.87. The number of benzene rings is 3. The Morgan fingerprint density at radius 1 is 0.875 bits per heavy atom. The number of rotatable bonds is 6. The molecule has 3 heteroatoms. The fourth-order valence-corrected chi connectivity index (χ4v) is 5.76. The molecule has 1 aromatic heterocycles. The van der Waals surface area contributed by atoms with Gasteiger partial charge in [-0.3, -0.25) is 4.90 Å². The molecule has 0 saturated carbocycles. The van der Waals surface area contributed by atoms with Crippen LogP contribution in [-0.2, 0) is 19.4 Å². The van der Waals surface area contributed by atoms with Crippen molar-refractivity contribution in [3.63, 3.8) is 0 Å². The van der Waals surface area contributed by atoms with Crippen LogP contribution in [0.4, 0.5) is 0 Å². The van der Waals surface area contributed by atoms with E-state index in [2.05, 4.69) is 89.8 Å². The first kappa shape index (κ1) is 20.7. The normalized spacial score (nSPS) is 15.8. The summed E-state index contributed by atoms with van der Waals surface area (Å²) in [5.74, 6) is 0.517. The highest BCUT2D eigenvalue weighted by molar-refractivity contribution is 7.15. The van der Waals surface area contributed by atoms with Crippen LogP contribution >= 0.6 is 11.3 Å². The van der Waals surface area contributed by atoms with Gasteiger partial charge in [0.15, 0.2) is 0 Å². The predicted octanol–water partition coefficient (Wildman–Crippen LogP) is 6.67. The first-order valence-electron chi connectivity index (χ1n) is 11.2. The van der Waals surface area contributed by atoms with Crippen LogP contribution in [0.25, 0.3) is 10.4 Å². The molecule has 1 atom stereocenters. The van der Waals surface area contributed by atoms with Gasteiger partial charge in [0.1, 0.15) is 0 Å². The summed E-state index contributed by atoms with van der Waals surface area (Å²) in [6.07, 6.45) is 2.16. The zero-order chi connectivity index (χ0) is 21.8. The van der Waals surface area contributed by atoms with Gasteiger partial charge in [0.05, 0.1) is 11.6 Å². The van der Waals surface area contributed by atoms with E-state index in [4.69, 9.17) is 5.26 Å². The average molecular weight is 435 g/mol. The van der Waals surface area contributed by atoms with Gasteiger partial charge >= 0.3 is 0 Å². The highest BCUT2D eigenvalue weighted by Gasteiger charge is 2.25.